The van der Waals surface area contributed by atoms with E-state index in [0.717, 1.165) is 22.5 Å². The van der Waals surface area contributed by atoms with E-state index in [4.69, 9.17) is 5.26 Å². The van der Waals surface area contributed by atoms with Gasteiger partial charge in [-0.05, 0) is 55.3 Å². The van der Waals surface area contributed by atoms with Gasteiger partial charge < -0.3 is 10.6 Å². The third kappa shape index (κ3) is 3.87. The predicted molar refractivity (Wildman–Crippen MR) is 103 cm³/mol. The SMILES string of the molecule is Cc1cccc(NC(=O)c2cncc(Nc3cccc(C#N)c3)c2)c1C. The van der Waals surface area contributed by atoms with Crippen molar-refractivity contribution in [2.45, 2.75) is 13.8 Å². The fourth-order valence-corrected chi connectivity index (χ4v) is 2.55. The molecule has 0 aliphatic rings. The number of aryl methyl sites for hydroxylation is 1. The highest BCUT2D eigenvalue weighted by Crippen LogP contribution is 2.21. The second kappa shape index (κ2) is 7.49. The molecule has 3 rings (SSSR count). The molecule has 0 bridgehead atoms. The highest BCUT2D eigenvalue weighted by molar-refractivity contribution is 6.05. The van der Waals surface area contributed by atoms with Crippen molar-refractivity contribution in [3.63, 3.8) is 0 Å². The summed E-state index contributed by atoms with van der Waals surface area (Å²) in [4.78, 5) is 16.7. The van der Waals surface area contributed by atoms with E-state index < -0.39 is 0 Å². The molecule has 0 atom stereocenters. The quantitative estimate of drug-likeness (QED) is 0.728. The second-order valence-electron chi connectivity index (χ2n) is 5.98. The molecule has 5 heteroatoms. The molecule has 3 aromatic rings. The third-order valence-electron chi connectivity index (χ3n) is 4.13. The van der Waals surface area contributed by atoms with Crippen molar-refractivity contribution in [3.05, 3.63) is 83.2 Å². The van der Waals surface area contributed by atoms with Gasteiger partial charge in [0.2, 0.25) is 0 Å². The first-order chi connectivity index (χ1) is 12.6. The monoisotopic (exact) mass is 342 g/mol. The number of pyridine rings is 1. The molecule has 128 valence electrons. The first-order valence-corrected chi connectivity index (χ1v) is 8.16. The van der Waals surface area contributed by atoms with Gasteiger partial charge in [0.25, 0.3) is 5.91 Å². The zero-order valence-electron chi connectivity index (χ0n) is 14.6. The zero-order valence-corrected chi connectivity index (χ0v) is 14.6. The number of carbonyl (C=O) groups is 1. The maximum Gasteiger partial charge on any atom is 0.257 e. The summed E-state index contributed by atoms with van der Waals surface area (Å²) in [5.74, 6) is -0.222. The lowest BCUT2D eigenvalue weighted by Crippen LogP contribution is -2.13. The third-order valence-corrected chi connectivity index (χ3v) is 4.13. The summed E-state index contributed by atoms with van der Waals surface area (Å²) >= 11 is 0. The van der Waals surface area contributed by atoms with Crippen LogP contribution >= 0.6 is 0 Å². The Bertz CT molecular complexity index is 1000. The van der Waals surface area contributed by atoms with E-state index in [9.17, 15) is 4.79 Å². The van der Waals surface area contributed by atoms with Gasteiger partial charge in [-0.25, -0.2) is 0 Å². The molecular formula is C21H18N4O. The topological polar surface area (TPSA) is 77.8 Å². The molecule has 2 aromatic carbocycles. The van der Waals surface area contributed by atoms with Crippen LogP contribution in [-0.2, 0) is 0 Å². The van der Waals surface area contributed by atoms with E-state index in [-0.39, 0.29) is 5.91 Å². The van der Waals surface area contributed by atoms with Gasteiger partial charge in [-0.15, -0.1) is 0 Å². The Labute approximate surface area is 152 Å². The number of amides is 1. The molecule has 0 spiro atoms. The van der Waals surface area contributed by atoms with E-state index >= 15 is 0 Å². The van der Waals surface area contributed by atoms with Gasteiger partial charge >= 0.3 is 0 Å². The van der Waals surface area contributed by atoms with Crippen LogP contribution in [0.25, 0.3) is 0 Å². The van der Waals surface area contributed by atoms with Crippen LogP contribution < -0.4 is 10.6 Å². The Balaban J connectivity index is 1.79. The van der Waals surface area contributed by atoms with Crippen molar-refractivity contribution in [2.24, 2.45) is 0 Å². The fraction of sp³-hybridized carbons (Fsp3) is 0.0952. The standard InChI is InChI=1S/C21H18N4O/c1-14-5-3-8-20(15(14)2)25-21(26)17-10-19(13-23-12-17)24-18-7-4-6-16(9-18)11-22/h3-10,12-13,24H,1-2H3,(H,25,26). The van der Waals surface area contributed by atoms with Crippen LogP contribution in [0.2, 0.25) is 0 Å². The first-order valence-electron chi connectivity index (χ1n) is 8.16. The lowest BCUT2D eigenvalue weighted by atomic mass is 10.1. The van der Waals surface area contributed by atoms with Crippen LogP contribution in [0.5, 0.6) is 0 Å². The molecule has 26 heavy (non-hydrogen) atoms. The number of anilines is 3. The van der Waals surface area contributed by atoms with Gasteiger partial charge in [0.15, 0.2) is 0 Å². The van der Waals surface area contributed by atoms with Crippen molar-refractivity contribution in [3.8, 4) is 6.07 Å². The van der Waals surface area contributed by atoms with Crippen LogP contribution in [-0.4, -0.2) is 10.9 Å². The van der Waals surface area contributed by atoms with Crippen LogP contribution in [0.15, 0.2) is 60.9 Å². The maximum absolute atomic E-state index is 12.6. The summed E-state index contributed by atoms with van der Waals surface area (Å²) in [6.07, 6.45) is 3.16. The summed E-state index contributed by atoms with van der Waals surface area (Å²) in [5, 5.41) is 15.1. The van der Waals surface area contributed by atoms with E-state index in [1.807, 2.05) is 38.1 Å². The summed E-state index contributed by atoms with van der Waals surface area (Å²) in [5.41, 5.74) is 5.39. The molecule has 1 aromatic heterocycles. The molecule has 0 unspecified atom stereocenters. The number of hydrogen-bond acceptors (Lipinski definition) is 4. The van der Waals surface area contributed by atoms with Crippen molar-refractivity contribution in [1.29, 1.82) is 5.26 Å². The molecule has 1 amide bonds. The zero-order chi connectivity index (χ0) is 18.5. The number of rotatable bonds is 4. The Hall–Kier alpha value is -3.65. The Morgan fingerprint density at radius 2 is 1.85 bits per heavy atom. The van der Waals surface area contributed by atoms with Gasteiger partial charge in [0.1, 0.15) is 0 Å². The van der Waals surface area contributed by atoms with Crippen LogP contribution in [0.4, 0.5) is 17.1 Å². The van der Waals surface area contributed by atoms with E-state index in [2.05, 4.69) is 21.7 Å². The maximum atomic E-state index is 12.6. The second-order valence-corrected chi connectivity index (χ2v) is 5.98. The summed E-state index contributed by atoms with van der Waals surface area (Å²) in [6, 6.07) is 16.7. The normalized spacial score (nSPS) is 10.0. The Kier molecular flexibility index (Phi) is 4.95. The van der Waals surface area contributed by atoms with Crippen LogP contribution in [0.1, 0.15) is 27.0 Å². The molecule has 5 nitrogen and oxygen atoms in total. The summed E-state index contributed by atoms with van der Waals surface area (Å²) in [6.45, 7) is 3.98. The van der Waals surface area contributed by atoms with Crippen LogP contribution in [0.3, 0.4) is 0 Å². The molecule has 0 fully saturated rings. The van der Waals surface area contributed by atoms with Gasteiger partial charge in [-0.1, -0.05) is 18.2 Å². The molecule has 0 aliphatic carbocycles. The lowest BCUT2D eigenvalue weighted by Gasteiger charge is -2.11. The molecule has 0 aliphatic heterocycles. The number of nitriles is 1. The average Bonchev–Trinajstić information content (AvgIpc) is 2.66. The number of aromatic nitrogens is 1. The van der Waals surface area contributed by atoms with Gasteiger partial charge in [-0.3, -0.25) is 9.78 Å². The van der Waals surface area contributed by atoms with Crippen molar-refractivity contribution >= 4 is 23.0 Å². The van der Waals surface area contributed by atoms with Crippen molar-refractivity contribution in [2.75, 3.05) is 10.6 Å². The number of carbonyl (C=O) groups excluding carboxylic acids is 1. The minimum absolute atomic E-state index is 0.222. The fourth-order valence-electron chi connectivity index (χ4n) is 2.55. The molecule has 0 saturated heterocycles. The summed E-state index contributed by atoms with van der Waals surface area (Å²) < 4.78 is 0. The van der Waals surface area contributed by atoms with Crippen molar-refractivity contribution < 1.29 is 4.79 Å². The van der Waals surface area contributed by atoms with E-state index in [1.54, 1.807) is 30.5 Å². The van der Waals surface area contributed by atoms with Gasteiger partial charge in [0, 0.05) is 17.6 Å². The van der Waals surface area contributed by atoms with Gasteiger partial charge in [0.05, 0.1) is 29.1 Å². The Morgan fingerprint density at radius 1 is 1.04 bits per heavy atom. The lowest BCUT2D eigenvalue weighted by molar-refractivity contribution is 0.102. The minimum atomic E-state index is -0.222. The van der Waals surface area contributed by atoms with Crippen molar-refractivity contribution in [1.82, 2.24) is 4.98 Å². The highest BCUT2D eigenvalue weighted by Gasteiger charge is 2.10. The molecule has 0 saturated carbocycles. The smallest absolute Gasteiger partial charge is 0.257 e. The first kappa shape index (κ1) is 17.2. The van der Waals surface area contributed by atoms with Crippen LogP contribution in [0, 0.1) is 25.2 Å². The summed E-state index contributed by atoms with van der Waals surface area (Å²) in [7, 11) is 0. The molecule has 0 radical (unpaired) electrons. The molecule has 1 heterocycles. The highest BCUT2D eigenvalue weighted by atomic mass is 16.1. The largest absolute Gasteiger partial charge is 0.354 e. The Morgan fingerprint density at radius 3 is 2.65 bits per heavy atom. The van der Waals surface area contributed by atoms with E-state index in [0.29, 0.717) is 16.8 Å². The molecule has 2 N–H and O–H groups in total. The predicted octanol–water partition coefficient (Wildman–Crippen LogP) is 4.57. The molecular weight excluding hydrogens is 324 g/mol. The van der Waals surface area contributed by atoms with Gasteiger partial charge in [-0.2, -0.15) is 5.26 Å². The number of nitrogens with zero attached hydrogens (tertiary/aromatic N) is 2. The average molecular weight is 342 g/mol. The number of nitrogens with one attached hydrogen (secondary N) is 2. The van der Waals surface area contributed by atoms with E-state index in [1.165, 1.54) is 6.20 Å². The number of benzene rings is 2. The number of hydrogen-bond donors (Lipinski definition) is 2. The minimum Gasteiger partial charge on any atom is -0.354 e.